The molecule has 124 valence electrons. The van der Waals surface area contributed by atoms with E-state index in [9.17, 15) is 4.79 Å². The number of nitrogens with one attached hydrogen (secondary N) is 1. The standard InChI is InChI=1S/C10H10N2O.C8H10N2O/c1-7-6-10(13-12-7)8-2-4-9(11)5-3-8;11-7-10-5-3-8-2-1-4-9-6-8/h2-6H,11H2,1H3;1-2,4,6-7H,3,5H2,(H,10,11). The third kappa shape index (κ3) is 5.57. The van der Waals surface area contributed by atoms with Crippen molar-refractivity contribution in [3.63, 3.8) is 0 Å². The van der Waals surface area contributed by atoms with Gasteiger partial charge in [-0.2, -0.15) is 0 Å². The zero-order valence-corrected chi connectivity index (χ0v) is 13.5. The predicted octanol–water partition coefficient (Wildman–Crippen LogP) is 2.60. The molecule has 0 radical (unpaired) electrons. The van der Waals surface area contributed by atoms with Gasteiger partial charge in [-0.1, -0.05) is 11.2 Å². The molecule has 0 aliphatic carbocycles. The van der Waals surface area contributed by atoms with Gasteiger partial charge in [-0.25, -0.2) is 0 Å². The molecule has 0 spiro atoms. The summed E-state index contributed by atoms with van der Waals surface area (Å²) in [5.41, 5.74) is 9.33. The first-order chi connectivity index (χ1) is 11.7. The molecular weight excluding hydrogens is 304 g/mol. The van der Waals surface area contributed by atoms with Crippen LogP contribution >= 0.6 is 0 Å². The summed E-state index contributed by atoms with van der Waals surface area (Å²) in [6.45, 7) is 2.57. The number of aryl methyl sites for hydroxylation is 1. The molecule has 0 aliphatic heterocycles. The van der Waals surface area contributed by atoms with Crippen LogP contribution in [0.3, 0.4) is 0 Å². The van der Waals surface area contributed by atoms with Gasteiger partial charge in [0.25, 0.3) is 0 Å². The maximum absolute atomic E-state index is 9.87. The molecule has 0 saturated carbocycles. The van der Waals surface area contributed by atoms with E-state index in [4.69, 9.17) is 10.3 Å². The second kappa shape index (κ2) is 9.09. The third-order valence-electron chi connectivity index (χ3n) is 3.19. The molecule has 0 aliphatic rings. The number of nitrogen functional groups attached to an aromatic ring is 1. The van der Waals surface area contributed by atoms with E-state index >= 15 is 0 Å². The minimum absolute atomic E-state index is 0.676. The maximum Gasteiger partial charge on any atom is 0.207 e. The molecule has 24 heavy (non-hydrogen) atoms. The summed E-state index contributed by atoms with van der Waals surface area (Å²) >= 11 is 0. The van der Waals surface area contributed by atoms with E-state index in [0.29, 0.717) is 13.0 Å². The number of nitrogens with two attached hydrogens (primary N) is 1. The highest BCUT2D eigenvalue weighted by atomic mass is 16.5. The summed E-state index contributed by atoms with van der Waals surface area (Å²) in [5.74, 6) is 0.775. The minimum Gasteiger partial charge on any atom is -0.399 e. The molecular formula is C18H20N4O2. The molecule has 1 amide bonds. The van der Waals surface area contributed by atoms with Crippen molar-refractivity contribution in [2.24, 2.45) is 0 Å². The van der Waals surface area contributed by atoms with Gasteiger partial charge >= 0.3 is 0 Å². The van der Waals surface area contributed by atoms with E-state index in [1.54, 1.807) is 12.4 Å². The Morgan fingerprint density at radius 3 is 2.62 bits per heavy atom. The average Bonchev–Trinajstić information content (AvgIpc) is 3.04. The number of benzene rings is 1. The van der Waals surface area contributed by atoms with Crippen molar-refractivity contribution in [2.75, 3.05) is 12.3 Å². The number of hydrogen-bond donors (Lipinski definition) is 2. The van der Waals surface area contributed by atoms with Gasteiger partial charge in [0.2, 0.25) is 6.41 Å². The Kier molecular flexibility index (Phi) is 6.52. The Bertz CT molecular complexity index is 739. The number of pyridine rings is 1. The summed E-state index contributed by atoms with van der Waals surface area (Å²) in [7, 11) is 0. The van der Waals surface area contributed by atoms with Crippen LogP contribution in [0.15, 0.2) is 59.4 Å². The Labute approximate surface area is 140 Å². The molecule has 1 aromatic carbocycles. The molecule has 3 aromatic rings. The second-order valence-corrected chi connectivity index (χ2v) is 5.14. The second-order valence-electron chi connectivity index (χ2n) is 5.14. The first kappa shape index (κ1) is 17.2. The molecule has 0 unspecified atom stereocenters. The average molecular weight is 324 g/mol. The molecule has 3 rings (SSSR count). The Balaban J connectivity index is 0.000000177. The SMILES string of the molecule is Cc1cc(-c2ccc(N)cc2)on1.O=CNCCc1cccnc1. The predicted molar refractivity (Wildman–Crippen MR) is 93.1 cm³/mol. The van der Waals surface area contributed by atoms with E-state index in [0.717, 1.165) is 34.7 Å². The molecule has 2 heterocycles. The van der Waals surface area contributed by atoms with E-state index in [-0.39, 0.29) is 0 Å². The van der Waals surface area contributed by atoms with Crippen LogP contribution in [-0.4, -0.2) is 23.1 Å². The lowest BCUT2D eigenvalue weighted by Gasteiger charge is -1.97. The first-order valence-electron chi connectivity index (χ1n) is 7.54. The van der Waals surface area contributed by atoms with E-state index in [1.165, 1.54) is 0 Å². The van der Waals surface area contributed by atoms with Crippen molar-refractivity contribution >= 4 is 12.1 Å². The molecule has 6 heteroatoms. The Hall–Kier alpha value is -3.15. The molecule has 6 nitrogen and oxygen atoms in total. The van der Waals surface area contributed by atoms with Crippen molar-refractivity contribution < 1.29 is 9.32 Å². The van der Waals surface area contributed by atoms with Crippen LogP contribution in [0.1, 0.15) is 11.3 Å². The van der Waals surface area contributed by atoms with Crippen LogP contribution in [0.2, 0.25) is 0 Å². The molecule has 0 fully saturated rings. The minimum atomic E-state index is 0.676. The lowest BCUT2D eigenvalue weighted by molar-refractivity contribution is -0.109. The van der Waals surface area contributed by atoms with Crippen LogP contribution in [-0.2, 0) is 11.2 Å². The number of carbonyl (C=O) groups excluding carboxylic acids is 1. The third-order valence-corrected chi connectivity index (χ3v) is 3.19. The van der Waals surface area contributed by atoms with Crippen molar-refractivity contribution in [1.29, 1.82) is 0 Å². The Morgan fingerprint density at radius 1 is 1.25 bits per heavy atom. The first-order valence-corrected chi connectivity index (χ1v) is 7.54. The molecule has 0 bridgehead atoms. The number of carbonyl (C=O) groups is 1. The van der Waals surface area contributed by atoms with Crippen LogP contribution in [0, 0.1) is 6.92 Å². The van der Waals surface area contributed by atoms with Gasteiger partial charge in [-0.15, -0.1) is 0 Å². The number of anilines is 1. The highest BCUT2D eigenvalue weighted by molar-refractivity contribution is 5.60. The highest BCUT2D eigenvalue weighted by Crippen LogP contribution is 2.20. The van der Waals surface area contributed by atoms with Crippen LogP contribution in [0.5, 0.6) is 0 Å². The normalized spacial score (nSPS) is 9.71. The zero-order valence-electron chi connectivity index (χ0n) is 13.5. The fraction of sp³-hybridized carbons (Fsp3) is 0.167. The maximum atomic E-state index is 9.87. The van der Waals surface area contributed by atoms with Gasteiger partial charge in [-0.3, -0.25) is 9.78 Å². The van der Waals surface area contributed by atoms with Gasteiger partial charge in [0.05, 0.1) is 5.69 Å². The van der Waals surface area contributed by atoms with Gasteiger partial charge < -0.3 is 15.6 Å². The zero-order chi connectivity index (χ0) is 17.2. The number of aromatic nitrogens is 2. The van der Waals surface area contributed by atoms with E-state index < -0.39 is 0 Å². The molecule has 3 N–H and O–H groups in total. The number of amides is 1. The monoisotopic (exact) mass is 324 g/mol. The number of nitrogens with zero attached hydrogens (tertiary/aromatic N) is 2. The van der Waals surface area contributed by atoms with Crippen LogP contribution in [0.25, 0.3) is 11.3 Å². The van der Waals surface area contributed by atoms with Crippen molar-refractivity contribution in [1.82, 2.24) is 15.5 Å². The lowest BCUT2D eigenvalue weighted by Crippen LogP contribution is -2.14. The smallest absolute Gasteiger partial charge is 0.207 e. The summed E-state index contributed by atoms with van der Waals surface area (Å²) in [6.07, 6.45) is 5.08. The van der Waals surface area contributed by atoms with Crippen molar-refractivity contribution in [2.45, 2.75) is 13.3 Å². The topological polar surface area (TPSA) is 94.0 Å². The Morgan fingerprint density at radius 2 is 2.04 bits per heavy atom. The quantitative estimate of drug-likeness (QED) is 0.427. The lowest BCUT2D eigenvalue weighted by atomic mass is 10.1. The van der Waals surface area contributed by atoms with Crippen molar-refractivity contribution in [3.8, 4) is 11.3 Å². The van der Waals surface area contributed by atoms with Crippen molar-refractivity contribution in [3.05, 3.63) is 66.1 Å². The summed E-state index contributed by atoms with van der Waals surface area (Å²) in [6, 6.07) is 13.3. The molecule has 0 saturated heterocycles. The molecule has 0 atom stereocenters. The van der Waals surface area contributed by atoms with Gasteiger partial charge in [0.1, 0.15) is 0 Å². The fourth-order valence-electron chi connectivity index (χ4n) is 1.97. The van der Waals surface area contributed by atoms with Gasteiger partial charge in [-0.05, 0) is 49.2 Å². The fourth-order valence-corrected chi connectivity index (χ4v) is 1.97. The summed E-state index contributed by atoms with van der Waals surface area (Å²) in [4.78, 5) is 13.8. The molecule has 2 aromatic heterocycles. The summed E-state index contributed by atoms with van der Waals surface area (Å²) in [5, 5.41) is 6.40. The van der Waals surface area contributed by atoms with Crippen LogP contribution in [0.4, 0.5) is 5.69 Å². The van der Waals surface area contributed by atoms with E-state index in [2.05, 4.69) is 15.5 Å². The van der Waals surface area contributed by atoms with Gasteiger partial charge in [0.15, 0.2) is 5.76 Å². The van der Waals surface area contributed by atoms with E-state index in [1.807, 2.05) is 49.4 Å². The van der Waals surface area contributed by atoms with Crippen LogP contribution < -0.4 is 11.1 Å². The summed E-state index contributed by atoms with van der Waals surface area (Å²) < 4.78 is 5.10. The highest BCUT2D eigenvalue weighted by Gasteiger charge is 2.02. The number of rotatable bonds is 5. The number of hydrogen-bond acceptors (Lipinski definition) is 5. The largest absolute Gasteiger partial charge is 0.399 e. The van der Waals surface area contributed by atoms with Gasteiger partial charge in [0, 0.05) is 36.3 Å².